The second kappa shape index (κ2) is 6.24. The Morgan fingerprint density at radius 1 is 1.05 bits per heavy atom. The highest BCUT2D eigenvalue weighted by Crippen LogP contribution is 2.29. The predicted octanol–water partition coefficient (Wildman–Crippen LogP) is 4.08. The molecule has 2 aromatic carbocycles. The third-order valence-electron chi connectivity index (χ3n) is 3.35. The number of rotatable bonds is 5. The molecule has 0 saturated heterocycles. The third-order valence-corrected chi connectivity index (χ3v) is 3.35. The van der Waals surface area contributed by atoms with Crippen molar-refractivity contribution in [1.82, 2.24) is 5.43 Å². The van der Waals surface area contributed by atoms with Gasteiger partial charge in [-0.3, -0.25) is 11.3 Å². The number of hydrogen-bond donors (Lipinski definition) is 2. The summed E-state index contributed by atoms with van der Waals surface area (Å²) in [6, 6.07) is 13.3. The highest BCUT2D eigenvalue weighted by Gasteiger charge is 2.27. The SMILES string of the molecule is NNC(CCCC(F)(F)F)c1cccc2ccccc12. The Hall–Kier alpha value is -1.59. The molecule has 20 heavy (non-hydrogen) atoms. The number of hydrazine groups is 1. The number of hydrogen-bond acceptors (Lipinski definition) is 2. The number of benzene rings is 2. The van der Waals surface area contributed by atoms with Crippen LogP contribution in [0.1, 0.15) is 30.9 Å². The van der Waals surface area contributed by atoms with E-state index in [0.717, 1.165) is 16.3 Å². The first-order valence-corrected chi connectivity index (χ1v) is 6.52. The van der Waals surface area contributed by atoms with Crippen molar-refractivity contribution in [2.45, 2.75) is 31.5 Å². The first-order valence-electron chi connectivity index (χ1n) is 6.52. The smallest absolute Gasteiger partial charge is 0.271 e. The molecule has 0 aromatic heterocycles. The van der Waals surface area contributed by atoms with E-state index in [4.69, 9.17) is 5.84 Å². The summed E-state index contributed by atoms with van der Waals surface area (Å²) in [6.45, 7) is 0. The van der Waals surface area contributed by atoms with E-state index in [1.165, 1.54) is 0 Å². The van der Waals surface area contributed by atoms with Crippen LogP contribution in [0.2, 0.25) is 0 Å². The first kappa shape index (κ1) is 14.8. The van der Waals surface area contributed by atoms with Gasteiger partial charge in [-0.25, -0.2) is 0 Å². The highest BCUT2D eigenvalue weighted by atomic mass is 19.4. The van der Waals surface area contributed by atoms with Crippen LogP contribution in [-0.4, -0.2) is 6.18 Å². The lowest BCUT2D eigenvalue weighted by Crippen LogP contribution is -2.28. The van der Waals surface area contributed by atoms with Crippen LogP contribution >= 0.6 is 0 Å². The van der Waals surface area contributed by atoms with Crippen molar-refractivity contribution in [2.75, 3.05) is 0 Å². The summed E-state index contributed by atoms with van der Waals surface area (Å²) < 4.78 is 36.6. The molecule has 0 radical (unpaired) electrons. The van der Waals surface area contributed by atoms with E-state index in [2.05, 4.69) is 5.43 Å². The summed E-state index contributed by atoms with van der Waals surface area (Å²) in [6.07, 6.45) is -4.49. The Morgan fingerprint density at radius 2 is 1.75 bits per heavy atom. The molecule has 0 spiro atoms. The monoisotopic (exact) mass is 282 g/mol. The van der Waals surface area contributed by atoms with Crippen LogP contribution < -0.4 is 11.3 Å². The molecule has 0 fully saturated rings. The summed E-state index contributed by atoms with van der Waals surface area (Å²) in [7, 11) is 0. The van der Waals surface area contributed by atoms with E-state index in [1.54, 1.807) is 0 Å². The first-order chi connectivity index (χ1) is 9.51. The standard InChI is InChI=1S/C15H17F3N2/c16-15(17,18)10-4-9-14(20-19)13-8-3-6-11-5-1-2-7-12(11)13/h1-3,5-8,14,20H,4,9-10,19H2. The zero-order chi connectivity index (χ0) is 14.6. The van der Waals surface area contributed by atoms with Gasteiger partial charge < -0.3 is 0 Å². The molecule has 2 aromatic rings. The second-order valence-corrected chi connectivity index (χ2v) is 4.80. The van der Waals surface area contributed by atoms with E-state index in [0.29, 0.717) is 6.42 Å². The van der Waals surface area contributed by atoms with Gasteiger partial charge in [0.05, 0.1) is 0 Å². The molecule has 0 aliphatic carbocycles. The van der Waals surface area contributed by atoms with Gasteiger partial charge in [-0.15, -0.1) is 0 Å². The minimum Gasteiger partial charge on any atom is -0.271 e. The van der Waals surface area contributed by atoms with Crippen LogP contribution in [0.5, 0.6) is 0 Å². The second-order valence-electron chi connectivity index (χ2n) is 4.80. The fourth-order valence-corrected chi connectivity index (χ4v) is 2.39. The molecule has 0 aliphatic heterocycles. The Morgan fingerprint density at radius 3 is 2.45 bits per heavy atom. The summed E-state index contributed by atoms with van der Waals surface area (Å²) in [5, 5.41) is 2.08. The van der Waals surface area contributed by atoms with E-state index in [1.807, 2.05) is 42.5 Å². The Bertz CT molecular complexity index is 561. The highest BCUT2D eigenvalue weighted by molar-refractivity contribution is 5.86. The fourth-order valence-electron chi connectivity index (χ4n) is 2.39. The molecule has 0 bridgehead atoms. The summed E-state index contributed by atoms with van der Waals surface area (Å²) in [5.41, 5.74) is 3.57. The van der Waals surface area contributed by atoms with Crippen molar-refractivity contribution in [3.8, 4) is 0 Å². The van der Waals surface area contributed by atoms with Gasteiger partial charge in [0, 0.05) is 12.5 Å². The van der Waals surface area contributed by atoms with Gasteiger partial charge in [-0.1, -0.05) is 42.5 Å². The number of halogens is 3. The van der Waals surface area contributed by atoms with Crippen LogP contribution in [-0.2, 0) is 0 Å². The predicted molar refractivity (Wildman–Crippen MR) is 73.9 cm³/mol. The molecule has 0 aliphatic rings. The van der Waals surface area contributed by atoms with Crippen molar-refractivity contribution in [3.05, 3.63) is 48.0 Å². The molecule has 2 rings (SSSR count). The third kappa shape index (κ3) is 3.71. The van der Waals surface area contributed by atoms with E-state index in [9.17, 15) is 13.2 Å². The van der Waals surface area contributed by atoms with Gasteiger partial charge in [0.1, 0.15) is 0 Å². The van der Waals surface area contributed by atoms with Gasteiger partial charge in [0.2, 0.25) is 0 Å². The Kier molecular flexibility index (Phi) is 4.62. The molecule has 1 atom stereocenters. The normalized spacial score (nSPS) is 13.6. The van der Waals surface area contributed by atoms with Crippen LogP contribution in [0.3, 0.4) is 0 Å². The maximum Gasteiger partial charge on any atom is 0.389 e. The molecular formula is C15H17F3N2. The molecule has 0 amide bonds. The number of nitrogens with one attached hydrogen (secondary N) is 1. The molecule has 5 heteroatoms. The zero-order valence-corrected chi connectivity index (χ0v) is 11.0. The molecule has 0 heterocycles. The van der Waals surface area contributed by atoms with Crippen LogP contribution in [0.25, 0.3) is 10.8 Å². The van der Waals surface area contributed by atoms with Crippen molar-refractivity contribution < 1.29 is 13.2 Å². The van der Waals surface area contributed by atoms with Crippen molar-refractivity contribution >= 4 is 10.8 Å². The van der Waals surface area contributed by atoms with Crippen molar-refractivity contribution in [2.24, 2.45) is 5.84 Å². The van der Waals surface area contributed by atoms with E-state index >= 15 is 0 Å². The molecule has 2 nitrogen and oxygen atoms in total. The topological polar surface area (TPSA) is 38.0 Å². The largest absolute Gasteiger partial charge is 0.389 e. The van der Waals surface area contributed by atoms with Gasteiger partial charge in [0.15, 0.2) is 0 Å². The Balaban J connectivity index is 2.17. The maximum absolute atomic E-state index is 12.2. The molecule has 1 unspecified atom stereocenters. The Labute approximate surface area is 115 Å². The van der Waals surface area contributed by atoms with E-state index < -0.39 is 12.6 Å². The molecule has 108 valence electrons. The summed E-state index contributed by atoms with van der Waals surface area (Å²) in [4.78, 5) is 0. The maximum atomic E-state index is 12.2. The van der Waals surface area contributed by atoms with E-state index in [-0.39, 0.29) is 12.5 Å². The van der Waals surface area contributed by atoms with Crippen molar-refractivity contribution in [1.29, 1.82) is 0 Å². The lowest BCUT2D eigenvalue weighted by molar-refractivity contribution is -0.135. The summed E-state index contributed by atoms with van der Waals surface area (Å²) >= 11 is 0. The van der Waals surface area contributed by atoms with Gasteiger partial charge >= 0.3 is 6.18 Å². The number of alkyl halides is 3. The van der Waals surface area contributed by atoms with Gasteiger partial charge in [-0.2, -0.15) is 13.2 Å². The fraction of sp³-hybridized carbons (Fsp3) is 0.333. The average Bonchev–Trinajstić information content (AvgIpc) is 2.42. The van der Waals surface area contributed by atoms with Gasteiger partial charge in [-0.05, 0) is 29.2 Å². The lowest BCUT2D eigenvalue weighted by Gasteiger charge is -2.18. The quantitative estimate of drug-likeness (QED) is 0.640. The number of nitrogens with two attached hydrogens (primary N) is 1. The van der Waals surface area contributed by atoms with Crippen LogP contribution in [0.15, 0.2) is 42.5 Å². The van der Waals surface area contributed by atoms with Crippen molar-refractivity contribution in [3.63, 3.8) is 0 Å². The number of fused-ring (bicyclic) bond motifs is 1. The minimum absolute atomic E-state index is 0.0571. The molecular weight excluding hydrogens is 265 g/mol. The lowest BCUT2D eigenvalue weighted by atomic mass is 9.95. The molecule has 3 N–H and O–H groups in total. The molecule has 0 saturated carbocycles. The van der Waals surface area contributed by atoms with Crippen LogP contribution in [0.4, 0.5) is 13.2 Å². The average molecular weight is 282 g/mol. The van der Waals surface area contributed by atoms with Crippen LogP contribution in [0, 0.1) is 0 Å². The minimum atomic E-state index is -4.11. The van der Waals surface area contributed by atoms with Gasteiger partial charge in [0.25, 0.3) is 0 Å². The zero-order valence-electron chi connectivity index (χ0n) is 11.0. The summed E-state index contributed by atoms with van der Waals surface area (Å²) in [5.74, 6) is 5.51.